The Labute approximate surface area is 393 Å². The van der Waals surface area contributed by atoms with Crippen LogP contribution < -0.4 is 16.0 Å². The maximum Gasteiger partial charge on any atom is 0.303 e. The van der Waals surface area contributed by atoms with E-state index in [1.54, 1.807) is 0 Å². The van der Waals surface area contributed by atoms with Gasteiger partial charge in [-0.1, -0.05) is 108 Å². The molecule has 66 heavy (non-hydrogen) atoms. The summed E-state index contributed by atoms with van der Waals surface area (Å²) in [6.07, 6.45) is 18.4. The van der Waals surface area contributed by atoms with Crippen LogP contribution in [0.4, 0.5) is 0 Å². The number of ether oxygens (including phenoxy) is 4. The first-order valence-corrected chi connectivity index (χ1v) is 24.3. The number of amides is 2. The van der Waals surface area contributed by atoms with Gasteiger partial charge < -0.3 is 50.2 Å². The molecular formula is C50H83N3O13. The molecule has 2 atom stereocenters. The third-order valence-corrected chi connectivity index (χ3v) is 11.0. The first-order chi connectivity index (χ1) is 31.9. The number of aliphatic hydroxyl groups excluding tert-OH is 2. The van der Waals surface area contributed by atoms with Gasteiger partial charge in [-0.3, -0.25) is 28.8 Å². The van der Waals surface area contributed by atoms with Crippen molar-refractivity contribution in [3.63, 3.8) is 0 Å². The van der Waals surface area contributed by atoms with Crippen molar-refractivity contribution in [1.29, 1.82) is 0 Å². The van der Waals surface area contributed by atoms with Gasteiger partial charge in [-0.25, -0.2) is 0 Å². The molecule has 0 aliphatic carbocycles. The average Bonchev–Trinajstić information content (AvgIpc) is 3.28. The fourth-order valence-electron chi connectivity index (χ4n) is 6.94. The molecule has 2 amide bonds. The van der Waals surface area contributed by atoms with Crippen LogP contribution in [0.1, 0.15) is 153 Å². The topological polar surface area (TPSA) is 236 Å². The molecule has 0 heterocycles. The van der Waals surface area contributed by atoms with E-state index in [0.29, 0.717) is 51.8 Å². The molecule has 0 unspecified atom stereocenters. The summed E-state index contributed by atoms with van der Waals surface area (Å²) in [6, 6.07) is 6.49. The maximum atomic E-state index is 12.5. The molecule has 0 bridgehead atoms. The maximum absolute atomic E-state index is 12.5. The highest BCUT2D eigenvalue weighted by Gasteiger charge is 2.17. The Morgan fingerprint density at radius 2 is 1.09 bits per heavy atom. The van der Waals surface area contributed by atoms with Gasteiger partial charge in [0.15, 0.2) is 5.78 Å². The molecule has 0 radical (unpaired) electrons. The Morgan fingerprint density at radius 1 is 0.561 bits per heavy atom. The van der Waals surface area contributed by atoms with Crippen LogP contribution in [0.2, 0.25) is 0 Å². The zero-order valence-corrected chi connectivity index (χ0v) is 39.9. The molecule has 16 heteroatoms. The molecule has 0 saturated carbocycles. The Bertz CT molecular complexity index is 1490. The number of unbranched alkanes of at least 4 members (excludes halogenated alkanes) is 13. The largest absolute Gasteiger partial charge is 0.511 e. The molecule has 6 N–H and O–H groups in total. The number of hydrogen-bond donors (Lipinski definition) is 6. The van der Waals surface area contributed by atoms with E-state index in [9.17, 15) is 39.0 Å². The highest BCUT2D eigenvalue weighted by molar-refractivity contribution is 5.81. The summed E-state index contributed by atoms with van der Waals surface area (Å²) < 4.78 is 21.7. The van der Waals surface area contributed by atoms with Crippen LogP contribution in [-0.2, 0) is 60.7 Å². The normalized spacial score (nSPS) is 12.1. The van der Waals surface area contributed by atoms with Crippen LogP contribution in [0.25, 0.3) is 0 Å². The summed E-state index contributed by atoms with van der Waals surface area (Å²) >= 11 is 0. The van der Waals surface area contributed by atoms with E-state index in [4.69, 9.17) is 24.1 Å². The number of aryl methyl sites for hydroxylation is 1. The molecule has 0 aromatic heterocycles. The number of benzene rings is 1. The Balaban J connectivity index is 1.94. The Hall–Kier alpha value is -4.06. The van der Waals surface area contributed by atoms with Gasteiger partial charge in [0.2, 0.25) is 11.8 Å². The molecule has 0 spiro atoms. The van der Waals surface area contributed by atoms with Crippen LogP contribution in [-0.4, -0.2) is 129 Å². The highest BCUT2D eigenvalue weighted by Crippen LogP contribution is 2.15. The number of aliphatic carboxylic acids is 1. The molecule has 1 rings (SSSR count). The van der Waals surface area contributed by atoms with Crippen LogP contribution in [0.3, 0.4) is 0 Å². The van der Waals surface area contributed by atoms with Crippen molar-refractivity contribution in [3.8, 4) is 0 Å². The minimum atomic E-state index is -0.707. The fraction of sp³-hybridized carbons (Fsp3) is 0.720. The number of aliphatic hydroxyl groups is 2. The minimum absolute atomic E-state index is 0.00593. The molecule has 0 aliphatic heterocycles. The minimum Gasteiger partial charge on any atom is -0.511 e. The number of carbonyl (C=O) groups excluding carboxylic acids is 5. The SMILES string of the molecule is C=C(O)[C@H](CCC(=O)CCCOCCOCC(=O)NCCOCCOCC(=O)CCc1ccc(CN[C@@H](CO)C(C)=O)cc1)NC(=O)CCCCCCCCCCCCCCCCC(=O)O. The monoisotopic (exact) mass is 934 g/mol. The second-order valence-electron chi connectivity index (χ2n) is 16.9. The predicted octanol–water partition coefficient (Wildman–Crippen LogP) is 6.42. The Morgan fingerprint density at radius 3 is 1.65 bits per heavy atom. The van der Waals surface area contributed by atoms with Gasteiger partial charge in [-0.05, 0) is 50.2 Å². The van der Waals surface area contributed by atoms with Crippen LogP contribution in [0.15, 0.2) is 36.6 Å². The quantitative estimate of drug-likeness (QED) is 0.0306. The number of nitrogens with one attached hydrogen (secondary N) is 3. The fourth-order valence-corrected chi connectivity index (χ4v) is 6.94. The van der Waals surface area contributed by atoms with Crippen molar-refractivity contribution in [2.45, 2.75) is 167 Å². The van der Waals surface area contributed by atoms with Gasteiger partial charge in [0.1, 0.15) is 30.5 Å². The molecule has 1 aromatic rings. The van der Waals surface area contributed by atoms with E-state index in [1.165, 1.54) is 51.9 Å². The molecule has 0 fully saturated rings. The number of hydrogen-bond acceptors (Lipinski definition) is 13. The van der Waals surface area contributed by atoms with Crippen LogP contribution in [0.5, 0.6) is 0 Å². The molecular weight excluding hydrogens is 851 g/mol. The van der Waals surface area contributed by atoms with Crippen molar-refractivity contribution < 1.29 is 63.0 Å². The van der Waals surface area contributed by atoms with Crippen molar-refractivity contribution >= 4 is 35.1 Å². The van der Waals surface area contributed by atoms with Crippen LogP contribution in [0, 0.1) is 0 Å². The van der Waals surface area contributed by atoms with E-state index >= 15 is 0 Å². The molecule has 376 valence electrons. The highest BCUT2D eigenvalue weighted by atomic mass is 16.5. The number of Topliss-reactive ketones (excluding diaryl/α,β-unsaturated/α-hetero) is 3. The number of carbonyl (C=O) groups is 6. The lowest BCUT2D eigenvalue weighted by molar-refractivity contribution is -0.137. The van der Waals surface area contributed by atoms with Gasteiger partial charge in [0.05, 0.1) is 51.7 Å². The van der Waals surface area contributed by atoms with Gasteiger partial charge in [-0.15, -0.1) is 0 Å². The summed E-state index contributed by atoms with van der Waals surface area (Å²) in [5, 5.41) is 36.4. The second kappa shape index (κ2) is 41.2. The zero-order chi connectivity index (χ0) is 48.5. The lowest BCUT2D eigenvalue weighted by Gasteiger charge is -2.17. The summed E-state index contributed by atoms with van der Waals surface area (Å²) in [5.74, 6) is -1.44. The molecule has 0 saturated heterocycles. The summed E-state index contributed by atoms with van der Waals surface area (Å²) in [7, 11) is 0. The predicted molar refractivity (Wildman–Crippen MR) is 253 cm³/mol. The zero-order valence-electron chi connectivity index (χ0n) is 39.9. The van der Waals surface area contributed by atoms with Crippen molar-refractivity contribution in [3.05, 3.63) is 47.7 Å². The van der Waals surface area contributed by atoms with Gasteiger partial charge in [0, 0.05) is 51.8 Å². The van der Waals surface area contributed by atoms with Crippen molar-refractivity contribution in [2.24, 2.45) is 0 Å². The van der Waals surface area contributed by atoms with Crippen molar-refractivity contribution in [2.75, 3.05) is 66.0 Å². The summed E-state index contributed by atoms with van der Waals surface area (Å²) in [6.45, 7) is 7.04. The lowest BCUT2D eigenvalue weighted by atomic mass is 10.0. The van der Waals surface area contributed by atoms with E-state index in [2.05, 4.69) is 22.5 Å². The molecule has 16 nitrogen and oxygen atoms in total. The van der Waals surface area contributed by atoms with Gasteiger partial charge in [-0.2, -0.15) is 0 Å². The van der Waals surface area contributed by atoms with E-state index < -0.39 is 18.1 Å². The summed E-state index contributed by atoms with van der Waals surface area (Å²) in [5.41, 5.74) is 1.99. The molecule has 1 aromatic carbocycles. The first kappa shape index (κ1) is 60.0. The summed E-state index contributed by atoms with van der Waals surface area (Å²) in [4.78, 5) is 71.0. The third-order valence-electron chi connectivity index (χ3n) is 11.0. The number of ketones is 3. The second-order valence-corrected chi connectivity index (χ2v) is 16.9. The van der Waals surface area contributed by atoms with E-state index in [1.807, 2.05) is 24.3 Å². The first-order valence-electron chi connectivity index (χ1n) is 24.3. The van der Waals surface area contributed by atoms with Gasteiger partial charge >= 0.3 is 5.97 Å². The van der Waals surface area contributed by atoms with Crippen LogP contribution >= 0.6 is 0 Å². The van der Waals surface area contributed by atoms with E-state index in [0.717, 1.165) is 56.1 Å². The van der Waals surface area contributed by atoms with Gasteiger partial charge in [0.25, 0.3) is 0 Å². The lowest BCUT2D eigenvalue weighted by Crippen LogP contribution is -2.37. The number of rotatable bonds is 47. The standard InChI is InChI=1S/C50H83N3O13/c1-40(55)46(53-48(59)19-15-13-11-9-7-5-3-4-6-8-10-12-14-16-20-50(61)62)28-27-44(57)18-17-30-63-32-35-66-39-49(60)51-29-31-64-33-34-65-38-45(58)26-25-42-21-23-43(24-22-42)36-52-47(37-54)41(2)56/h21-24,46-47,52,54-55H,1,3-20,25-39H2,2H3,(H,51,60)(H,53,59)(H,61,62)/t46-,47-/m0/s1. The van der Waals surface area contributed by atoms with E-state index in [-0.39, 0.29) is 107 Å². The smallest absolute Gasteiger partial charge is 0.303 e. The average molecular weight is 934 g/mol. The number of carboxylic acid groups (broad SMARTS) is 1. The Kier molecular flexibility index (Phi) is 37.4. The third kappa shape index (κ3) is 36.1. The molecule has 0 aliphatic rings. The van der Waals surface area contributed by atoms with Crippen molar-refractivity contribution in [1.82, 2.24) is 16.0 Å². The number of carboxylic acids is 1.